The molecule has 204 valence electrons. The smallest absolute Gasteiger partial charge is 0.414 e. The number of nitrogens with zero attached hydrogens (tertiary/aromatic N) is 5. The first-order chi connectivity index (χ1) is 18.1. The average Bonchev–Trinajstić information content (AvgIpc) is 3.46. The molecule has 38 heavy (non-hydrogen) atoms. The van der Waals surface area contributed by atoms with Crippen LogP contribution in [-0.4, -0.2) is 60.4 Å². The number of hydrogen-bond donors (Lipinski definition) is 3. The van der Waals surface area contributed by atoms with E-state index >= 15 is 0 Å². The molecule has 0 radical (unpaired) electrons. The summed E-state index contributed by atoms with van der Waals surface area (Å²) in [4.78, 5) is 30.9. The number of nitrogens with one attached hydrogen (secondary N) is 1. The van der Waals surface area contributed by atoms with Crippen LogP contribution in [0.4, 0.5) is 22.2 Å². The van der Waals surface area contributed by atoms with Crippen molar-refractivity contribution in [3.05, 3.63) is 30.0 Å². The predicted octanol–water partition coefficient (Wildman–Crippen LogP) is 4.47. The topological polar surface area (TPSA) is 135 Å². The van der Waals surface area contributed by atoms with E-state index < -0.39 is 11.6 Å². The predicted molar refractivity (Wildman–Crippen MR) is 143 cm³/mol. The van der Waals surface area contributed by atoms with Crippen molar-refractivity contribution in [2.45, 2.75) is 83.5 Å². The lowest BCUT2D eigenvalue weighted by Crippen LogP contribution is -2.42. The van der Waals surface area contributed by atoms with E-state index in [1.165, 1.54) is 7.11 Å². The number of ether oxygens (including phenoxy) is 1. The molecule has 11 heteroatoms. The number of benzene rings is 1. The zero-order valence-corrected chi connectivity index (χ0v) is 22.3. The zero-order valence-electron chi connectivity index (χ0n) is 22.3. The van der Waals surface area contributed by atoms with Crippen LogP contribution in [0.15, 0.2) is 24.4 Å². The van der Waals surface area contributed by atoms with Crippen molar-refractivity contribution in [3.8, 4) is 0 Å². The van der Waals surface area contributed by atoms with Crippen LogP contribution >= 0.6 is 0 Å². The van der Waals surface area contributed by atoms with E-state index in [1.807, 2.05) is 31.3 Å². The number of anilines is 3. The maximum Gasteiger partial charge on any atom is 0.414 e. The Labute approximate surface area is 221 Å². The molecule has 3 N–H and O–H groups in total. The molecule has 2 aliphatic rings. The number of carbonyl (C=O) groups is 2. The molecule has 1 atom stereocenters. The third-order valence-corrected chi connectivity index (χ3v) is 7.67. The first-order valence-corrected chi connectivity index (χ1v) is 13.2. The summed E-state index contributed by atoms with van der Waals surface area (Å²) < 4.78 is 8.93. The lowest BCUT2D eigenvalue weighted by molar-refractivity contribution is -0.143. The molecular formula is C27H36N6O5. The van der Waals surface area contributed by atoms with Crippen LogP contribution < -0.4 is 10.2 Å². The number of carbonyl (C=O) groups excluding carboxylic acids is 1. The summed E-state index contributed by atoms with van der Waals surface area (Å²) in [7, 11) is 1.39. The van der Waals surface area contributed by atoms with Gasteiger partial charge in [0.1, 0.15) is 0 Å². The highest BCUT2D eigenvalue weighted by atomic mass is 16.5. The van der Waals surface area contributed by atoms with Gasteiger partial charge in [-0.15, -0.1) is 0 Å². The Morgan fingerprint density at radius 1 is 1.16 bits per heavy atom. The molecule has 2 aromatic heterocycles. The number of aliphatic hydroxyl groups is 1. The lowest BCUT2D eigenvalue weighted by Gasteiger charge is -2.34. The number of hydrogen-bond acceptors (Lipinski definition) is 7. The number of methoxy groups -OCH3 is 1. The van der Waals surface area contributed by atoms with Crippen molar-refractivity contribution in [3.63, 3.8) is 0 Å². The molecular weight excluding hydrogens is 488 g/mol. The molecule has 1 aliphatic heterocycles. The minimum absolute atomic E-state index is 0.0121. The minimum atomic E-state index is -0.902. The molecule has 0 unspecified atom stereocenters. The van der Waals surface area contributed by atoms with Crippen LogP contribution in [0, 0.1) is 5.92 Å². The number of aromatic nitrogens is 4. The molecule has 0 spiro atoms. The van der Waals surface area contributed by atoms with Crippen molar-refractivity contribution in [2.24, 2.45) is 5.92 Å². The third-order valence-electron chi connectivity index (χ3n) is 7.67. The fraction of sp³-hybridized carbons (Fsp3) is 0.556. The number of amides is 1. The number of fused-ring (bicyclic) bond motifs is 3. The van der Waals surface area contributed by atoms with Gasteiger partial charge in [-0.2, -0.15) is 5.10 Å². The van der Waals surface area contributed by atoms with E-state index in [0.29, 0.717) is 31.2 Å². The molecule has 1 fully saturated rings. The quantitative estimate of drug-likeness (QED) is 0.430. The Balaban J connectivity index is 1.57. The number of carboxylic acid groups (broad SMARTS) is 1. The molecule has 5 rings (SSSR count). The first-order valence-electron chi connectivity index (χ1n) is 13.2. The van der Waals surface area contributed by atoms with Gasteiger partial charge in [0.2, 0.25) is 5.95 Å². The normalized spacial score (nSPS) is 21.8. The first kappa shape index (κ1) is 26.0. The van der Waals surface area contributed by atoms with Gasteiger partial charge in [-0.05, 0) is 71.4 Å². The largest absolute Gasteiger partial charge is 0.481 e. The summed E-state index contributed by atoms with van der Waals surface area (Å²) >= 11 is 0. The van der Waals surface area contributed by atoms with E-state index in [9.17, 15) is 19.8 Å². The number of aliphatic carboxylic acids is 1. The van der Waals surface area contributed by atoms with Crippen LogP contribution in [0.2, 0.25) is 0 Å². The summed E-state index contributed by atoms with van der Waals surface area (Å²) in [5, 5.41) is 27.6. The lowest BCUT2D eigenvalue weighted by atomic mass is 9.86. The van der Waals surface area contributed by atoms with E-state index in [-0.39, 0.29) is 24.1 Å². The molecule has 1 aliphatic carbocycles. The second-order valence-electron chi connectivity index (χ2n) is 11.1. The zero-order chi connectivity index (χ0) is 27.2. The van der Waals surface area contributed by atoms with E-state index in [1.54, 1.807) is 23.4 Å². The summed E-state index contributed by atoms with van der Waals surface area (Å²) in [6, 6.07) is 5.89. The maximum atomic E-state index is 12.6. The number of carboxylic acids is 1. The fourth-order valence-corrected chi connectivity index (χ4v) is 5.84. The van der Waals surface area contributed by atoms with Crippen molar-refractivity contribution in [1.29, 1.82) is 0 Å². The fourth-order valence-electron chi connectivity index (χ4n) is 5.84. The Kier molecular flexibility index (Phi) is 6.81. The highest BCUT2D eigenvalue weighted by molar-refractivity contribution is 5.96. The van der Waals surface area contributed by atoms with Gasteiger partial charge in [0, 0.05) is 29.9 Å². The van der Waals surface area contributed by atoms with E-state index in [0.717, 1.165) is 48.0 Å². The van der Waals surface area contributed by atoms with Gasteiger partial charge in [0.15, 0.2) is 5.82 Å². The molecule has 0 saturated heterocycles. The highest BCUT2D eigenvalue weighted by Crippen LogP contribution is 2.41. The molecule has 3 aromatic rings. The van der Waals surface area contributed by atoms with Crippen LogP contribution in [0.5, 0.6) is 0 Å². The third kappa shape index (κ3) is 4.94. The van der Waals surface area contributed by atoms with Gasteiger partial charge in [-0.1, -0.05) is 0 Å². The Morgan fingerprint density at radius 2 is 1.89 bits per heavy atom. The van der Waals surface area contributed by atoms with Gasteiger partial charge >= 0.3 is 12.1 Å². The minimum Gasteiger partial charge on any atom is -0.481 e. The molecule has 0 bridgehead atoms. The monoisotopic (exact) mass is 524 g/mol. The van der Waals surface area contributed by atoms with Crippen molar-refractivity contribution < 1.29 is 24.5 Å². The maximum absolute atomic E-state index is 12.6. The standard InChI is InChI=1S/C27H36N6O5/c1-16-5-10-19-20(32(16)26(36)38-4)11-12-21-23(19)29-25(28-22-13-14-31(30-22)15-27(2,3)37)33(21)18-8-6-17(7-9-18)24(34)35/h11-14,16-18,37H,5-10,15H2,1-4H3,(H,34,35)(H,28,29,30)/t16-,17-,18-/m0/s1. The van der Waals surface area contributed by atoms with E-state index in [2.05, 4.69) is 15.0 Å². The van der Waals surface area contributed by atoms with E-state index in [4.69, 9.17) is 9.72 Å². The number of imidazole rings is 1. The number of rotatable bonds is 6. The molecule has 1 saturated carbocycles. The van der Waals surface area contributed by atoms with Gasteiger partial charge in [0.25, 0.3) is 0 Å². The van der Waals surface area contributed by atoms with Crippen LogP contribution in [0.1, 0.15) is 64.5 Å². The second-order valence-corrected chi connectivity index (χ2v) is 11.1. The van der Waals surface area contributed by atoms with Gasteiger partial charge in [-0.25, -0.2) is 9.78 Å². The number of aryl methyl sites for hydroxylation is 1. The molecule has 11 nitrogen and oxygen atoms in total. The van der Waals surface area contributed by atoms with Crippen LogP contribution in [-0.2, 0) is 22.5 Å². The van der Waals surface area contributed by atoms with Gasteiger partial charge < -0.3 is 24.8 Å². The Morgan fingerprint density at radius 3 is 2.55 bits per heavy atom. The summed E-state index contributed by atoms with van der Waals surface area (Å²) in [6.45, 7) is 5.83. The summed E-state index contributed by atoms with van der Waals surface area (Å²) in [5.41, 5.74) is 2.67. The Hall–Kier alpha value is -3.60. The van der Waals surface area contributed by atoms with Crippen LogP contribution in [0.25, 0.3) is 11.0 Å². The summed E-state index contributed by atoms with van der Waals surface area (Å²) in [6.07, 6.45) is 5.67. The highest BCUT2D eigenvalue weighted by Gasteiger charge is 2.34. The van der Waals surface area contributed by atoms with Crippen molar-refractivity contribution >= 4 is 40.5 Å². The SMILES string of the molecule is COC(=O)N1c2ccc3c(nc(Nc4ccn(CC(C)(C)O)n4)n3[C@H]3CC[C@H](C(=O)O)CC3)c2CC[C@@H]1C. The van der Waals surface area contributed by atoms with Crippen molar-refractivity contribution in [2.75, 3.05) is 17.3 Å². The molecule has 1 aromatic carbocycles. The second kappa shape index (κ2) is 9.94. The Bertz CT molecular complexity index is 1350. The average molecular weight is 525 g/mol. The molecule has 1 amide bonds. The summed E-state index contributed by atoms with van der Waals surface area (Å²) in [5.74, 6) is 0.172. The van der Waals surface area contributed by atoms with Gasteiger partial charge in [0.05, 0.1) is 41.9 Å². The molecule has 3 heterocycles. The van der Waals surface area contributed by atoms with Crippen LogP contribution in [0.3, 0.4) is 0 Å². The van der Waals surface area contributed by atoms with Crippen molar-refractivity contribution in [1.82, 2.24) is 19.3 Å². The van der Waals surface area contributed by atoms with Gasteiger partial charge in [-0.3, -0.25) is 14.4 Å².